The van der Waals surface area contributed by atoms with Crippen LogP contribution in [0.15, 0.2) is 18.3 Å². The van der Waals surface area contributed by atoms with Gasteiger partial charge in [0, 0.05) is 19.7 Å². The normalized spacial score (nSPS) is 19.2. The first-order valence-electron chi connectivity index (χ1n) is 5.60. The summed E-state index contributed by atoms with van der Waals surface area (Å²) >= 11 is 0. The maximum Gasteiger partial charge on any atom is 0.225 e. The lowest BCUT2D eigenvalue weighted by molar-refractivity contribution is -0.117. The predicted octanol–water partition coefficient (Wildman–Crippen LogP) is 1.88. The molecule has 0 saturated heterocycles. The molecule has 1 amide bonds. The minimum Gasteiger partial charge on any atom is -0.380 e. The molecule has 0 aliphatic carbocycles. The van der Waals surface area contributed by atoms with Gasteiger partial charge >= 0.3 is 0 Å². The Labute approximate surface area is 95.7 Å². The Morgan fingerprint density at radius 1 is 1.62 bits per heavy atom. The smallest absolute Gasteiger partial charge is 0.225 e. The number of carbonyl (C=O) groups is 1. The summed E-state index contributed by atoms with van der Waals surface area (Å²) in [7, 11) is 0. The Hall–Kier alpha value is -1.58. The van der Waals surface area contributed by atoms with Crippen LogP contribution in [0.5, 0.6) is 0 Å². The molecule has 0 bridgehead atoms. The molecule has 86 valence electrons. The van der Waals surface area contributed by atoms with Crippen molar-refractivity contribution in [1.82, 2.24) is 4.98 Å². The second kappa shape index (κ2) is 4.12. The summed E-state index contributed by atoms with van der Waals surface area (Å²) in [5.41, 5.74) is 0.939. The van der Waals surface area contributed by atoms with Crippen molar-refractivity contribution in [2.24, 2.45) is 5.92 Å². The van der Waals surface area contributed by atoms with E-state index < -0.39 is 0 Å². The van der Waals surface area contributed by atoms with Crippen LogP contribution in [0.2, 0.25) is 0 Å². The first kappa shape index (κ1) is 10.9. The highest BCUT2D eigenvalue weighted by Gasteiger charge is 2.31. The minimum atomic E-state index is 0.0557. The second-order valence-corrected chi connectivity index (χ2v) is 4.46. The van der Waals surface area contributed by atoms with Gasteiger partial charge in [0.2, 0.25) is 5.91 Å². The number of nitrogens with one attached hydrogen (secondary N) is 1. The third-order valence-corrected chi connectivity index (χ3v) is 2.96. The van der Waals surface area contributed by atoms with Crippen molar-refractivity contribution in [1.29, 1.82) is 0 Å². The molecule has 1 aliphatic heterocycles. The standard InChI is InChI=1S/C12H17N3O/c1-8(2)11-7-14-10-5-4-6-13-12(10)15(11)9(3)16/h4-6,8,11,14H,7H2,1-3H3. The Morgan fingerprint density at radius 3 is 3.00 bits per heavy atom. The highest BCUT2D eigenvalue weighted by Crippen LogP contribution is 2.31. The van der Waals surface area contributed by atoms with E-state index in [2.05, 4.69) is 24.1 Å². The number of rotatable bonds is 1. The molecule has 2 heterocycles. The van der Waals surface area contributed by atoms with Crippen LogP contribution in [0.25, 0.3) is 0 Å². The first-order chi connectivity index (χ1) is 7.61. The molecule has 0 radical (unpaired) electrons. The number of fused-ring (bicyclic) bond motifs is 1. The van der Waals surface area contributed by atoms with Crippen LogP contribution in [-0.2, 0) is 4.79 Å². The van der Waals surface area contributed by atoms with E-state index in [1.807, 2.05) is 12.1 Å². The lowest BCUT2D eigenvalue weighted by Gasteiger charge is -2.38. The molecule has 0 aromatic carbocycles. The fourth-order valence-electron chi connectivity index (χ4n) is 2.11. The van der Waals surface area contributed by atoms with E-state index in [-0.39, 0.29) is 11.9 Å². The van der Waals surface area contributed by atoms with Gasteiger partial charge in [0.1, 0.15) is 0 Å². The van der Waals surface area contributed by atoms with Crippen LogP contribution in [0.3, 0.4) is 0 Å². The van der Waals surface area contributed by atoms with E-state index in [1.165, 1.54) is 0 Å². The van der Waals surface area contributed by atoms with E-state index in [0.717, 1.165) is 18.1 Å². The largest absolute Gasteiger partial charge is 0.380 e. The molecule has 4 heteroatoms. The minimum absolute atomic E-state index is 0.0557. The number of pyridine rings is 1. The summed E-state index contributed by atoms with van der Waals surface area (Å²) in [5, 5.41) is 3.32. The molecule has 1 N–H and O–H groups in total. The Morgan fingerprint density at radius 2 is 2.38 bits per heavy atom. The van der Waals surface area contributed by atoms with Gasteiger partial charge in [-0.15, -0.1) is 0 Å². The van der Waals surface area contributed by atoms with Crippen molar-refractivity contribution in [3.63, 3.8) is 0 Å². The Bertz CT molecular complexity index is 403. The van der Waals surface area contributed by atoms with Gasteiger partial charge in [-0.2, -0.15) is 0 Å². The van der Waals surface area contributed by atoms with Crippen molar-refractivity contribution in [2.45, 2.75) is 26.8 Å². The molecular formula is C12H17N3O. The van der Waals surface area contributed by atoms with E-state index in [1.54, 1.807) is 18.0 Å². The highest BCUT2D eigenvalue weighted by molar-refractivity contribution is 5.95. The van der Waals surface area contributed by atoms with Crippen LogP contribution < -0.4 is 10.2 Å². The van der Waals surface area contributed by atoms with Crippen molar-refractivity contribution < 1.29 is 4.79 Å². The number of anilines is 2. The zero-order valence-corrected chi connectivity index (χ0v) is 9.90. The maximum atomic E-state index is 11.7. The lowest BCUT2D eigenvalue weighted by Crippen LogP contribution is -2.49. The van der Waals surface area contributed by atoms with Crippen molar-refractivity contribution >= 4 is 17.4 Å². The van der Waals surface area contributed by atoms with Gasteiger partial charge in [0.05, 0.1) is 11.7 Å². The average Bonchev–Trinajstić information content (AvgIpc) is 2.27. The zero-order chi connectivity index (χ0) is 11.7. The van der Waals surface area contributed by atoms with Gasteiger partial charge in [0.15, 0.2) is 5.82 Å². The fourth-order valence-corrected chi connectivity index (χ4v) is 2.11. The molecule has 0 spiro atoms. The predicted molar refractivity (Wildman–Crippen MR) is 64.5 cm³/mol. The lowest BCUT2D eigenvalue weighted by atomic mass is 10.00. The summed E-state index contributed by atoms with van der Waals surface area (Å²) in [6.45, 7) is 6.63. The fraction of sp³-hybridized carbons (Fsp3) is 0.500. The number of amides is 1. The second-order valence-electron chi connectivity index (χ2n) is 4.46. The molecule has 0 saturated carbocycles. The zero-order valence-electron chi connectivity index (χ0n) is 9.90. The van der Waals surface area contributed by atoms with Gasteiger partial charge in [-0.25, -0.2) is 4.98 Å². The van der Waals surface area contributed by atoms with Gasteiger partial charge in [-0.3, -0.25) is 9.69 Å². The quantitative estimate of drug-likeness (QED) is 0.784. The average molecular weight is 219 g/mol. The van der Waals surface area contributed by atoms with Crippen LogP contribution in [0.1, 0.15) is 20.8 Å². The van der Waals surface area contributed by atoms with E-state index in [9.17, 15) is 4.79 Å². The molecule has 1 unspecified atom stereocenters. The number of carbonyl (C=O) groups excluding carboxylic acids is 1. The van der Waals surface area contributed by atoms with Gasteiger partial charge < -0.3 is 5.32 Å². The SMILES string of the molecule is CC(=O)N1c2ncccc2NCC1C(C)C. The third-order valence-electron chi connectivity index (χ3n) is 2.96. The van der Waals surface area contributed by atoms with Crippen LogP contribution in [0, 0.1) is 5.92 Å². The molecule has 1 aliphatic rings. The number of nitrogens with zero attached hydrogens (tertiary/aromatic N) is 2. The molecule has 16 heavy (non-hydrogen) atoms. The Kier molecular flexibility index (Phi) is 2.81. The summed E-state index contributed by atoms with van der Waals surface area (Å²) in [5.74, 6) is 1.21. The van der Waals surface area contributed by atoms with Crippen molar-refractivity contribution in [3.8, 4) is 0 Å². The number of aromatic nitrogens is 1. The monoisotopic (exact) mass is 219 g/mol. The molecule has 2 rings (SSSR count). The topological polar surface area (TPSA) is 45.2 Å². The summed E-state index contributed by atoms with van der Waals surface area (Å²) < 4.78 is 0. The molecule has 0 fully saturated rings. The van der Waals surface area contributed by atoms with E-state index in [0.29, 0.717) is 5.92 Å². The van der Waals surface area contributed by atoms with Crippen LogP contribution in [0.4, 0.5) is 11.5 Å². The molecule has 4 nitrogen and oxygen atoms in total. The summed E-state index contributed by atoms with van der Waals surface area (Å²) in [4.78, 5) is 17.8. The van der Waals surface area contributed by atoms with Crippen molar-refractivity contribution in [2.75, 3.05) is 16.8 Å². The van der Waals surface area contributed by atoms with Gasteiger partial charge in [-0.1, -0.05) is 13.8 Å². The van der Waals surface area contributed by atoms with E-state index >= 15 is 0 Å². The third kappa shape index (κ3) is 1.75. The first-order valence-corrected chi connectivity index (χ1v) is 5.60. The Balaban J connectivity index is 2.43. The molecule has 1 atom stereocenters. The van der Waals surface area contributed by atoms with Gasteiger partial charge in [0.25, 0.3) is 0 Å². The van der Waals surface area contributed by atoms with E-state index in [4.69, 9.17) is 0 Å². The summed E-state index contributed by atoms with van der Waals surface area (Å²) in [6.07, 6.45) is 1.72. The van der Waals surface area contributed by atoms with Crippen LogP contribution in [-0.4, -0.2) is 23.5 Å². The number of hydrogen-bond acceptors (Lipinski definition) is 3. The van der Waals surface area contributed by atoms with Gasteiger partial charge in [-0.05, 0) is 18.1 Å². The molecule has 1 aromatic rings. The molecular weight excluding hydrogens is 202 g/mol. The van der Waals surface area contributed by atoms with Crippen LogP contribution >= 0.6 is 0 Å². The maximum absolute atomic E-state index is 11.7. The highest BCUT2D eigenvalue weighted by atomic mass is 16.2. The molecule has 1 aromatic heterocycles. The van der Waals surface area contributed by atoms with Crippen molar-refractivity contribution in [3.05, 3.63) is 18.3 Å². The number of hydrogen-bond donors (Lipinski definition) is 1. The summed E-state index contributed by atoms with van der Waals surface area (Å²) in [6, 6.07) is 4.01.